The highest BCUT2D eigenvalue weighted by atomic mass is 16.4. The van der Waals surface area contributed by atoms with Crippen LogP contribution in [0.25, 0.3) is 0 Å². The van der Waals surface area contributed by atoms with Crippen LogP contribution in [0.15, 0.2) is 4.99 Å². The van der Waals surface area contributed by atoms with Crippen LogP contribution in [0.3, 0.4) is 0 Å². The van der Waals surface area contributed by atoms with Crippen LogP contribution in [0.2, 0.25) is 0 Å². The maximum atomic E-state index is 14.0. The second kappa shape index (κ2) is 41.9. The quantitative estimate of drug-likeness (QED) is 0.0153. The normalized spacial score (nSPS) is 14.9. The Morgan fingerprint density at radius 1 is 0.407 bits per heavy atom. The molecule has 0 aliphatic carbocycles. The van der Waals surface area contributed by atoms with Crippen molar-refractivity contribution >= 4 is 101 Å². The molecule has 0 saturated heterocycles. The highest BCUT2D eigenvalue weighted by molar-refractivity contribution is 5.99. The van der Waals surface area contributed by atoms with Gasteiger partial charge in [0.15, 0.2) is 5.96 Å². The fourth-order valence-electron chi connectivity index (χ4n) is 8.12. The third-order valence-electron chi connectivity index (χ3n) is 13.6. The molecule has 36 heteroatoms. The SMILES string of the molecule is CC[C@H](C)[C@H](NC(=O)[C@H](C)NC(=O)CNC(=O)[C@H](CCCN=C(N)N)NC(=O)[C@H](C)NC(=O)[C@H](CC(C)C)NC(=O)[C@H](CCC(=O)O)NC(=O)[C@H](CC(C)C)NC(=O)[C@H](C)NC(=O)[C@@H](N)CCC(=O)O)C(=O)NCC(=O)N[C@@H](CCC(N)=O)C(=O)N[C@@H](C)C(N)=O. The van der Waals surface area contributed by atoms with Crippen molar-refractivity contribution in [2.45, 2.75) is 206 Å². The number of hydrogen-bond acceptors (Lipinski definition) is 18. The van der Waals surface area contributed by atoms with Gasteiger partial charge in [0.05, 0.1) is 19.1 Å². The number of aliphatic imine (C=N–C) groups is 1. The first kappa shape index (κ1) is 81.8. The molecule has 0 aliphatic heterocycles. The van der Waals surface area contributed by atoms with Crippen molar-refractivity contribution in [1.29, 1.82) is 0 Å². The van der Waals surface area contributed by atoms with Crippen LogP contribution >= 0.6 is 0 Å². The van der Waals surface area contributed by atoms with Gasteiger partial charge in [-0.15, -0.1) is 0 Å². The highest BCUT2D eigenvalue weighted by Gasteiger charge is 2.35. The van der Waals surface area contributed by atoms with Gasteiger partial charge in [-0.2, -0.15) is 0 Å². The van der Waals surface area contributed by atoms with Gasteiger partial charge in [0, 0.05) is 25.8 Å². The van der Waals surface area contributed by atoms with Crippen LogP contribution < -0.4 is 92.5 Å². The molecular weight excluding hydrogens is 1200 g/mol. The van der Waals surface area contributed by atoms with Crippen LogP contribution in [-0.4, -0.2) is 197 Å². The number of amides is 14. The second-order valence-corrected chi connectivity index (χ2v) is 22.7. The lowest BCUT2D eigenvalue weighted by Crippen LogP contribution is -2.60. The van der Waals surface area contributed by atoms with Crippen molar-refractivity contribution in [3.05, 3.63) is 0 Å². The van der Waals surface area contributed by atoms with E-state index in [4.69, 9.17) is 33.8 Å². The van der Waals surface area contributed by atoms with Crippen molar-refractivity contribution in [3.8, 4) is 0 Å². The zero-order chi connectivity index (χ0) is 70.0. The van der Waals surface area contributed by atoms with E-state index < -0.39 is 199 Å². The van der Waals surface area contributed by atoms with Crippen molar-refractivity contribution in [2.24, 2.45) is 51.4 Å². The third kappa shape index (κ3) is 34.3. The number of nitrogens with one attached hydrogen (secondary N) is 12. The van der Waals surface area contributed by atoms with E-state index in [0.717, 1.165) is 0 Å². The van der Waals surface area contributed by atoms with E-state index in [0.29, 0.717) is 6.42 Å². The number of carbonyl (C=O) groups is 16. The number of guanidine groups is 1. The van der Waals surface area contributed by atoms with Gasteiger partial charge < -0.3 is 103 Å². The molecule has 91 heavy (non-hydrogen) atoms. The molecule has 0 heterocycles. The summed E-state index contributed by atoms with van der Waals surface area (Å²) in [7, 11) is 0. The molecular formula is C55H96N18O18. The lowest BCUT2D eigenvalue weighted by Gasteiger charge is -2.28. The smallest absolute Gasteiger partial charge is 0.303 e. The summed E-state index contributed by atoms with van der Waals surface area (Å²) in [4.78, 5) is 210. The molecule has 0 radical (unpaired) electrons. The Labute approximate surface area is 527 Å². The maximum Gasteiger partial charge on any atom is 0.303 e. The number of carbonyl (C=O) groups excluding carboxylic acids is 14. The van der Waals surface area contributed by atoms with Gasteiger partial charge in [0.2, 0.25) is 82.7 Å². The Bertz CT molecular complexity index is 2600. The molecule has 0 rings (SSSR count). The van der Waals surface area contributed by atoms with Gasteiger partial charge in [0.25, 0.3) is 0 Å². The third-order valence-corrected chi connectivity index (χ3v) is 13.6. The number of aliphatic carboxylic acids is 2. The second-order valence-electron chi connectivity index (χ2n) is 22.7. The molecule has 514 valence electrons. The molecule has 0 fully saturated rings. The number of primary amides is 2. The average Bonchev–Trinajstić information content (AvgIpc) is 2.02. The van der Waals surface area contributed by atoms with Crippen molar-refractivity contribution in [3.63, 3.8) is 0 Å². The zero-order valence-corrected chi connectivity index (χ0v) is 53.2. The Hall–Kier alpha value is -9.25. The summed E-state index contributed by atoms with van der Waals surface area (Å²) in [5.41, 5.74) is 27.0. The summed E-state index contributed by atoms with van der Waals surface area (Å²) in [6.45, 7) is 13.8. The van der Waals surface area contributed by atoms with E-state index in [1.54, 1.807) is 41.5 Å². The molecule has 0 saturated carbocycles. The number of nitrogens with two attached hydrogens (primary N) is 5. The van der Waals surface area contributed by atoms with E-state index in [-0.39, 0.29) is 69.3 Å². The average molecular weight is 1300 g/mol. The summed E-state index contributed by atoms with van der Waals surface area (Å²) in [6, 6.07) is -14.8. The van der Waals surface area contributed by atoms with Gasteiger partial charge in [-0.3, -0.25) is 81.7 Å². The van der Waals surface area contributed by atoms with E-state index in [2.05, 4.69) is 68.8 Å². The first-order valence-corrected chi connectivity index (χ1v) is 29.7. The summed E-state index contributed by atoms with van der Waals surface area (Å²) < 4.78 is 0. The lowest BCUT2D eigenvalue weighted by molar-refractivity contribution is -0.139. The van der Waals surface area contributed by atoms with Gasteiger partial charge in [-0.1, -0.05) is 48.0 Å². The van der Waals surface area contributed by atoms with E-state index in [1.807, 2.05) is 0 Å². The summed E-state index contributed by atoms with van der Waals surface area (Å²) in [5.74, 6) is -16.3. The molecule has 0 unspecified atom stereocenters. The number of carboxylic acid groups (broad SMARTS) is 2. The Balaban J connectivity index is 6.20. The van der Waals surface area contributed by atoms with Crippen molar-refractivity contribution in [1.82, 2.24) is 63.8 Å². The summed E-state index contributed by atoms with van der Waals surface area (Å²) in [6.07, 6.45) is -2.10. The first-order chi connectivity index (χ1) is 42.3. The molecule has 0 aromatic heterocycles. The predicted molar refractivity (Wildman–Crippen MR) is 326 cm³/mol. The monoisotopic (exact) mass is 1300 g/mol. The van der Waals surface area contributed by atoms with Crippen LogP contribution in [0.4, 0.5) is 0 Å². The highest BCUT2D eigenvalue weighted by Crippen LogP contribution is 2.12. The number of rotatable bonds is 44. The molecule has 0 aromatic carbocycles. The van der Waals surface area contributed by atoms with Crippen LogP contribution in [0.1, 0.15) is 140 Å². The van der Waals surface area contributed by atoms with Gasteiger partial charge in [0.1, 0.15) is 60.4 Å². The molecule has 0 aliphatic rings. The molecule has 0 aromatic rings. The standard InChI is InChI=1S/C55H96N18O18/c1-11-27(6)43(54(91)63-24-40(76)68-34(15-17-38(57)74)50(87)65-28(7)44(58)81)73-47(84)29(8)64-39(75)23-62-49(86)33(13-12-20-61-55(59)60)69-45(82)31(10)67-52(89)36(21-25(2)3)72-51(88)35(16-19-42(79)80)70-53(90)37(22-26(4)5)71-46(83)30(9)66-48(85)32(56)14-18-41(77)78/h25-37,43H,11-24,56H2,1-10H3,(H2,57,74)(H2,58,81)(H,62,86)(H,63,91)(H,64,75)(H,65,87)(H,66,85)(H,67,89)(H,68,76)(H,69,82)(H,70,90)(H,71,83)(H,72,88)(H,73,84)(H,77,78)(H,79,80)(H4,59,60,61)/t27-,28-,29-,30-,31-,32-,33-,34-,35-,36-,37-,43-/m0/s1. The van der Waals surface area contributed by atoms with Crippen LogP contribution in [0, 0.1) is 17.8 Å². The Morgan fingerprint density at radius 2 is 0.791 bits per heavy atom. The molecule has 24 N–H and O–H groups in total. The Morgan fingerprint density at radius 3 is 1.29 bits per heavy atom. The number of carboxylic acids is 2. The van der Waals surface area contributed by atoms with Gasteiger partial charge >= 0.3 is 11.9 Å². The zero-order valence-electron chi connectivity index (χ0n) is 53.2. The van der Waals surface area contributed by atoms with Crippen LogP contribution in [-0.2, 0) is 76.7 Å². The van der Waals surface area contributed by atoms with Gasteiger partial charge in [-0.05, 0) is 90.4 Å². The summed E-state index contributed by atoms with van der Waals surface area (Å²) in [5, 5.41) is 47.5. The molecule has 0 bridgehead atoms. The largest absolute Gasteiger partial charge is 0.481 e. The van der Waals surface area contributed by atoms with Crippen molar-refractivity contribution < 1.29 is 86.9 Å². The number of nitrogens with zero attached hydrogens (tertiary/aromatic N) is 1. The summed E-state index contributed by atoms with van der Waals surface area (Å²) >= 11 is 0. The van der Waals surface area contributed by atoms with E-state index in [9.17, 15) is 81.8 Å². The van der Waals surface area contributed by atoms with E-state index in [1.165, 1.54) is 27.7 Å². The topological polar surface area (TPSA) is 600 Å². The first-order valence-electron chi connectivity index (χ1n) is 29.7. The van der Waals surface area contributed by atoms with Crippen LogP contribution in [0.5, 0.6) is 0 Å². The molecule has 12 atom stereocenters. The minimum atomic E-state index is -1.60. The van der Waals surface area contributed by atoms with Crippen molar-refractivity contribution in [2.75, 3.05) is 19.6 Å². The Kier molecular flexibility index (Phi) is 37.6. The van der Waals surface area contributed by atoms with Gasteiger partial charge in [-0.25, -0.2) is 0 Å². The van der Waals surface area contributed by atoms with E-state index >= 15 is 0 Å². The lowest BCUT2D eigenvalue weighted by atomic mass is 9.98. The fraction of sp³-hybridized carbons (Fsp3) is 0.691. The number of hydrogen-bond donors (Lipinski definition) is 19. The minimum Gasteiger partial charge on any atom is -0.481 e. The predicted octanol–water partition coefficient (Wildman–Crippen LogP) is -6.85. The molecule has 0 spiro atoms. The molecule has 36 nitrogen and oxygen atoms in total. The maximum absolute atomic E-state index is 14.0. The fourth-order valence-corrected chi connectivity index (χ4v) is 8.12. The molecule has 14 amide bonds. The minimum absolute atomic E-state index is 0.00463.